The van der Waals surface area contributed by atoms with Gasteiger partial charge in [-0.2, -0.15) is 0 Å². The van der Waals surface area contributed by atoms with Gasteiger partial charge in [-0.25, -0.2) is 0 Å². The average molecular weight is 344 g/mol. The van der Waals surface area contributed by atoms with Gasteiger partial charge in [0.05, 0.1) is 11.1 Å². The Morgan fingerprint density at radius 2 is 2.14 bits per heavy atom. The van der Waals surface area contributed by atoms with E-state index in [-0.39, 0.29) is 12.0 Å². The third-order valence-electron chi connectivity index (χ3n) is 3.88. The van der Waals surface area contributed by atoms with Crippen molar-refractivity contribution in [1.82, 2.24) is 4.90 Å². The molecule has 0 saturated heterocycles. The van der Waals surface area contributed by atoms with Gasteiger partial charge in [-0.15, -0.1) is 11.3 Å². The Morgan fingerprint density at radius 1 is 1.43 bits per heavy atom. The summed E-state index contributed by atoms with van der Waals surface area (Å²) in [5, 5.41) is 11.3. The fourth-order valence-corrected chi connectivity index (χ4v) is 4.45. The number of halogens is 2. The van der Waals surface area contributed by atoms with Crippen molar-refractivity contribution in [2.75, 3.05) is 13.6 Å². The molecule has 3 nitrogen and oxygen atoms in total. The minimum absolute atomic E-state index is 0.0706. The van der Waals surface area contributed by atoms with Crippen LogP contribution in [0.3, 0.4) is 0 Å². The Hall–Kier alpha value is -0.810. The van der Waals surface area contributed by atoms with Crippen LogP contribution in [0.25, 0.3) is 10.1 Å². The van der Waals surface area contributed by atoms with E-state index in [0.717, 1.165) is 22.9 Å². The van der Waals surface area contributed by atoms with E-state index in [9.17, 15) is 9.90 Å². The number of amides is 1. The Labute approximate surface area is 137 Å². The predicted molar refractivity (Wildman–Crippen MR) is 87.5 cm³/mol. The molecule has 2 aromatic rings. The summed E-state index contributed by atoms with van der Waals surface area (Å²) in [6.45, 7) is 0.654. The average Bonchev–Trinajstić information content (AvgIpc) is 2.72. The highest BCUT2D eigenvalue weighted by molar-refractivity contribution is 7.21. The monoisotopic (exact) mass is 343 g/mol. The molecule has 0 spiro atoms. The first-order valence-corrected chi connectivity index (χ1v) is 8.34. The molecule has 1 aromatic heterocycles. The summed E-state index contributed by atoms with van der Waals surface area (Å²) in [4.78, 5) is 14.8. The van der Waals surface area contributed by atoms with Gasteiger partial charge in [-0.1, -0.05) is 29.3 Å². The smallest absolute Gasteiger partial charge is 0.265 e. The highest BCUT2D eigenvalue weighted by atomic mass is 35.5. The summed E-state index contributed by atoms with van der Waals surface area (Å²) < 4.78 is 0.920. The van der Waals surface area contributed by atoms with Crippen LogP contribution in [0.5, 0.6) is 0 Å². The number of carbonyl (C=O) groups excluding carboxylic acids is 1. The Balaban J connectivity index is 1.82. The summed E-state index contributed by atoms with van der Waals surface area (Å²) in [5.41, 5.74) is 0. The lowest BCUT2D eigenvalue weighted by molar-refractivity contribution is 0.0266. The lowest BCUT2D eigenvalue weighted by Crippen LogP contribution is -2.39. The van der Waals surface area contributed by atoms with Gasteiger partial charge in [-0.05, 0) is 30.9 Å². The van der Waals surface area contributed by atoms with Gasteiger partial charge in [0.1, 0.15) is 4.88 Å². The van der Waals surface area contributed by atoms with Gasteiger partial charge in [0.2, 0.25) is 0 Å². The summed E-state index contributed by atoms with van der Waals surface area (Å²) in [6, 6.07) is 5.44. The molecule has 1 heterocycles. The molecule has 0 bridgehead atoms. The lowest BCUT2D eigenvalue weighted by atomic mass is 9.82. The number of fused-ring (bicyclic) bond motifs is 1. The molecule has 1 fully saturated rings. The SMILES string of the molecule is CN(CC1CC(O)C1)C(=O)c1sc2cc(Cl)ccc2c1Cl. The van der Waals surface area contributed by atoms with Gasteiger partial charge in [0.25, 0.3) is 5.91 Å². The van der Waals surface area contributed by atoms with E-state index >= 15 is 0 Å². The maximum Gasteiger partial charge on any atom is 0.265 e. The van der Waals surface area contributed by atoms with E-state index in [2.05, 4.69) is 0 Å². The van der Waals surface area contributed by atoms with E-state index in [1.165, 1.54) is 11.3 Å². The van der Waals surface area contributed by atoms with Crippen molar-refractivity contribution in [2.24, 2.45) is 5.92 Å². The maximum atomic E-state index is 12.5. The van der Waals surface area contributed by atoms with Crippen LogP contribution in [0.2, 0.25) is 10.0 Å². The number of aliphatic hydroxyl groups excluding tert-OH is 1. The summed E-state index contributed by atoms with van der Waals surface area (Å²) in [5.74, 6) is 0.315. The van der Waals surface area contributed by atoms with Crippen molar-refractivity contribution < 1.29 is 9.90 Å². The first-order chi connectivity index (χ1) is 9.95. The number of hydrogen-bond donors (Lipinski definition) is 1. The molecule has 1 amide bonds. The van der Waals surface area contributed by atoms with E-state index < -0.39 is 0 Å². The molecule has 112 valence electrons. The minimum Gasteiger partial charge on any atom is -0.393 e. The number of nitrogens with zero attached hydrogens (tertiary/aromatic N) is 1. The van der Waals surface area contributed by atoms with Gasteiger partial charge >= 0.3 is 0 Å². The highest BCUT2D eigenvalue weighted by Gasteiger charge is 2.30. The molecule has 0 unspecified atom stereocenters. The van der Waals surface area contributed by atoms with Crippen LogP contribution >= 0.6 is 34.5 Å². The first-order valence-electron chi connectivity index (χ1n) is 6.76. The predicted octanol–water partition coefficient (Wildman–Crippen LogP) is 4.05. The molecular weight excluding hydrogens is 329 g/mol. The van der Waals surface area contributed by atoms with Crippen LogP contribution in [0, 0.1) is 5.92 Å². The summed E-state index contributed by atoms with van der Waals surface area (Å²) in [7, 11) is 1.78. The number of rotatable bonds is 3. The van der Waals surface area contributed by atoms with Gasteiger partial charge < -0.3 is 10.0 Å². The number of hydrogen-bond acceptors (Lipinski definition) is 3. The van der Waals surface area contributed by atoms with Crippen LogP contribution in [0.4, 0.5) is 0 Å². The molecule has 3 rings (SSSR count). The summed E-state index contributed by atoms with van der Waals surface area (Å²) >= 11 is 13.7. The first kappa shape index (κ1) is 15.1. The third-order valence-corrected chi connectivity index (χ3v) is 5.76. The number of thiophene rings is 1. The lowest BCUT2D eigenvalue weighted by Gasteiger charge is -2.34. The molecule has 21 heavy (non-hydrogen) atoms. The summed E-state index contributed by atoms with van der Waals surface area (Å²) in [6.07, 6.45) is 1.34. The second kappa shape index (κ2) is 5.76. The quantitative estimate of drug-likeness (QED) is 0.913. The van der Waals surface area contributed by atoms with Gasteiger partial charge in [0, 0.05) is 28.7 Å². The fraction of sp³-hybridized carbons (Fsp3) is 0.400. The standard InChI is InChI=1S/C15H15Cl2NO2S/c1-18(7-8-4-10(19)5-8)15(20)14-13(17)11-3-2-9(16)6-12(11)21-14/h2-3,6,8,10,19H,4-5,7H2,1H3. The second-order valence-corrected chi connectivity index (χ2v) is 7.43. The number of aliphatic hydroxyl groups is 1. The molecule has 1 aliphatic rings. The van der Waals surface area contributed by atoms with Crippen molar-refractivity contribution in [3.8, 4) is 0 Å². The van der Waals surface area contributed by atoms with Crippen molar-refractivity contribution in [2.45, 2.75) is 18.9 Å². The minimum atomic E-state index is -0.200. The molecule has 1 saturated carbocycles. The maximum absolute atomic E-state index is 12.5. The molecule has 1 aliphatic carbocycles. The largest absolute Gasteiger partial charge is 0.393 e. The van der Waals surface area contributed by atoms with Crippen molar-refractivity contribution in [3.63, 3.8) is 0 Å². The fourth-order valence-electron chi connectivity index (χ4n) is 2.67. The molecule has 0 aliphatic heterocycles. The van der Waals surface area contributed by atoms with Crippen molar-refractivity contribution >= 4 is 50.5 Å². The number of benzene rings is 1. The van der Waals surface area contributed by atoms with E-state index in [4.69, 9.17) is 23.2 Å². The molecular formula is C15H15Cl2NO2S. The molecule has 1 N–H and O–H groups in total. The van der Waals surface area contributed by atoms with E-state index in [0.29, 0.717) is 27.4 Å². The second-order valence-electron chi connectivity index (χ2n) is 5.56. The Morgan fingerprint density at radius 3 is 2.81 bits per heavy atom. The van der Waals surface area contributed by atoms with Crippen LogP contribution in [0.1, 0.15) is 22.5 Å². The van der Waals surface area contributed by atoms with Crippen molar-refractivity contribution in [1.29, 1.82) is 0 Å². The van der Waals surface area contributed by atoms with Crippen LogP contribution in [0.15, 0.2) is 18.2 Å². The van der Waals surface area contributed by atoms with Crippen LogP contribution < -0.4 is 0 Å². The third kappa shape index (κ3) is 2.90. The topological polar surface area (TPSA) is 40.5 Å². The molecule has 1 aromatic carbocycles. The Kier molecular flexibility index (Phi) is 4.14. The van der Waals surface area contributed by atoms with E-state index in [1.54, 1.807) is 18.0 Å². The zero-order chi connectivity index (χ0) is 15.1. The van der Waals surface area contributed by atoms with Crippen molar-refractivity contribution in [3.05, 3.63) is 33.1 Å². The van der Waals surface area contributed by atoms with Gasteiger partial charge in [-0.3, -0.25) is 4.79 Å². The van der Waals surface area contributed by atoms with Crippen LogP contribution in [-0.4, -0.2) is 35.6 Å². The Bertz CT molecular complexity index is 694. The molecule has 0 atom stereocenters. The van der Waals surface area contributed by atoms with Crippen LogP contribution in [-0.2, 0) is 0 Å². The van der Waals surface area contributed by atoms with E-state index in [1.807, 2.05) is 12.1 Å². The molecule has 0 radical (unpaired) electrons. The number of carbonyl (C=O) groups is 1. The van der Waals surface area contributed by atoms with Gasteiger partial charge in [0.15, 0.2) is 0 Å². The molecule has 6 heteroatoms. The highest BCUT2D eigenvalue weighted by Crippen LogP contribution is 2.37. The zero-order valence-electron chi connectivity index (χ0n) is 11.5. The zero-order valence-corrected chi connectivity index (χ0v) is 13.8. The normalized spacial score (nSPS) is 21.3.